The van der Waals surface area contributed by atoms with E-state index in [0.717, 1.165) is 0 Å². The summed E-state index contributed by atoms with van der Waals surface area (Å²) in [7, 11) is 0. The number of ether oxygens (including phenoxy) is 2. The molecule has 0 atom stereocenters. The summed E-state index contributed by atoms with van der Waals surface area (Å²) in [6.07, 6.45) is 0. The first kappa shape index (κ1) is 18.7. The van der Waals surface area contributed by atoms with E-state index in [0.29, 0.717) is 27.2 Å². The highest BCUT2D eigenvalue weighted by molar-refractivity contribution is 9.10. The first-order valence-corrected chi connectivity index (χ1v) is 8.96. The Morgan fingerprint density at radius 1 is 0.852 bits per heavy atom. The topological polar surface area (TPSA) is 64.6 Å². The molecule has 5 nitrogen and oxygen atoms in total. The summed E-state index contributed by atoms with van der Waals surface area (Å²) in [6.45, 7) is -0.403. The number of benzene rings is 3. The molecule has 0 bridgehead atoms. The number of hydrogen-bond donors (Lipinski definition) is 1. The number of rotatable bonds is 6. The van der Waals surface area contributed by atoms with Crippen LogP contribution in [0.1, 0.15) is 10.4 Å². The van der Waals surface area contributed by atoms with Crippen LogP contribution in [0.3, 0.4) is 0 Å². The molecule has 0 aromatic heterocycles. The smallest absolute Gasteiger partial charge is 0.339 e. The molecule has 6 heteroatoms. The van der Waals surface area contributed by atoms with Crippen LogP contribution >= 0.6 is 15.9 Å². The van der Waals surface area contributed by atoms with Crippen LogP contribution in [-0.2, 0) is 9.53 Å². The number of para-hydroxylation sites is 3. The fourth-order valence-electron chi connectivity index (χ4n) is 2.30. The second-order valence-corrected chi connectivity index (χ2v) is 6.37. The third-order valence-electron chi connectivity index (χ3n) is 3.56. The van der Waals surface area contributed by atoms with Crippen molar-refractivity contribution >= 4 is 33.5 Å². The Bertz CT molecular complexity index is 944. The van der Waals surface area contributed by atoms with Crippen LogP contribution in [0.2, 0.25) is 0 Å². The minimum absolute atomic E-state index is 0.359. The molecule has 0 aliphatic carbocycles. The molecule has 3 aromatic rings. The molecule has 0 saturated heterocycles. The quantitative estimate of drug-likeness (QED) is 0.562. The minimum atomic E-state index is -0.577. The van der Waals surface area contributed by atoms with Gasteiger partial charge in [-0.1, -0.05) is 42.5 Å². The van der Waals surface area contributed by atoms with Crippen molar-refractivity contribution < 1.29 is 19.1 Å². The molecule has 3 rings (SSSR count). The van der Waals surface area contributed by atoms with E-state index in [1.165, 1.54) is 0 Å². The molecule has 0 aliphatic heterocycles. The van der Waals surface area contributed by atoms with Gasteiger partial charge in [0.1, 0.15) is 5.75 Å². The maximum absolute atomic E-state index is 12.2. The fraction of sp³-hybridized carbons (Fsp3) is 0.0476. The standard InChI is InChI=1S/C21H16BrNO4/c22-17-11-5-4-10-16(17)21(25)26-14-20(24)23-18-12-6-7-13-19(18)27-15-8-2-1-3-9-15/h1-13H,14H2,(H,23,24). The lowest BCUT2D eigenvalue weighted by molar-refractivity contribution is -0.119. The fourth-order valence-corrected chi connectivity index (χ4v) is 2.74. The number of nitrogens with one attached hydrogen (secondary N) is 1. The largest absolute Gasteiger partial charge is 0.455 e. The zero-order valence-electron chi connectivity index (χ0n) is 14.2. The van der Waals surface area contributed by atoms with E-state index in [4.69, 9.17) is 9.47 Å². The van der Waals surface area contributed by atoms with E-state index >= 15 is 0 Å². The molecule has 0 heterocycles. The van der Waals surface area contributed by atoms with Crippen molar-refractivity contribution in [3.63, 3.8) is 0 Å². The Balaban J connectivity index is 1.61. The van der Waals surface area contributed by atoms with Gasteiger partial charge < -0.3 is 14.8 Å². The number of esters is 1. The van der Waals surface area contributed by atoms with Gasteiger partial charge in [0.2, 0.25) is 0 Å². The molecule has 27 heavy (non-hydrogen) atoms. The first-order valence-electron chi connectivity index (χ1n) is 8.17. The SMILES string of the molecule is O=C(COC(=O)c1ccccc1Br)Nc1ccccc1Oc1ccccc1. The van der Waals surface area contributed by atoms with Gasteiger partial charge in [0.25, 0.3) is 5.91 Å². The summed E-state index contributed by atoms with van der Waals surface area (Å²) in [4.78, 5) is 24.3. The van der Waals surface area contributed by atoms with Crippen molar-refractivity contribution in [2.75, 3.05) is 11.9 Å². The highest BCUT2D eigenvalue weighted by Gasteiger charge is 2.14. The molecule has 3 aromatic carbocycles. The maximum Gasteiger partial charge on any atom is 0.339 e. The molecular weight excluding hydrogens is 410 g/mol. The Morgan fingerprint density at radius 3 is 2.30 bits per heavy atom. The van der Waals surface area contributed by atoms with Gasteiger partial charge >= 0.3 is 5.97 Å². The van der Waals surface area contributed by atoms with Crippen LogP contribution in [0.4, 0.5) is 5.69 Å². The number of halogens is 1. The molecule has 1 N–H and O–H groups in total. The zero-order valence-corrected chi connectivity index (χ0v) is 15.8. The summed E-state index contributed by atoms with van der Waals surface area (Å²) >= 11 is 3.28. The summed E-state index contributed by atoms with van der Waals surface area (Å²) in [6, 6.07) is 23.1. The number of amides is 1. The van der Waals surface area contributed by atoms with E-state index in [9.17, 15) is 9.59 Å². The predicted molar refractivity (Wildman–Crippen MR) is 106 cm³/mol. The van der Waals surface area contributed by atoms with Crippen molar-refractivity contribution in [3.05, 3.63) is 88.9 Å². The Labute approximate surface area is 165 Å². The van der Waals surface area contributed by atoms with Gasteiger partial charge in [-0.2, -0.15) is 0 Å². The molecule has 1 amide bonds. The lowest BCUT2D eigenvalue weighted by Crippen LogP contribution is -2.21. The predicted octanol–water partition coefficient (Wildman–Crippen LogP) is 5.04. The molecular formula is C21H16BrNO4. The summed E-state index contributed by atoms with van der Waals surface area (Å²) in [5.41, 5.74) is 0.849. The van der Waals surface area contributed by atoms with Gasteiger partial charge in [0.05, 0.1) is 11.3 Å². The second kappa shape index (κ2) is 9.00. The lowest BCUT2D eigenvalue weighted by Gasteiger charge is -2.12. The third-order valence-corrected chi connectivity index (χ3v) is 4.25. The van der Waals surface area contributed by atoms with Gasteiger partial charge in [0.15, 0.2) is 12.4 Å². The van der Waals surface area contributed by atoms with E-state index < -0.39 is 18.5 Å². The van der Waals surface area contributed by atoms with E-state index in [-0.39, 0.29) is 0 Å². The Kier molecular flexibility index (Phi) is 6.22. The number of anilines is 1. The van der Waals surface area contributed by atoms with Crippen molar-refractivity contribution in [2.24, 2.45) is 0 Å². The Morgan fingerprint density at radius 2 is 1.52 bits per heavy atom. The lowest BCUT2D eigenvalue weighted by atomic mass is 10.2. The average molecular weight is 426 g/mol. The van der Waals surface area contributed by atoms with Gasteiger partial charge in [-0.25, -0.2) is 4.79 Å². The Hall–Kier alpha value is -3.12. The molecule has 0 unspecified atom stereocenters. The summed E-state index contributed by atoms with van der Waals surface area (Å²) in [5, 5.41) is 2.70. The van der Waals surface area contributed by atoms with Crippen LogP contribution in [0.25, 0.3) is 0 Å². The number of carbonyl (C=O) groups is 2. The van der Waals surface area contributed by atoms with Crippen molar-refractivity contribution in [1.29, 1.82) is 0 Å². The van der Waals surface area contributed by atoms with Gasteiger partial charge in [-0.15, -0.1) is 0 Å². The van der Waals surface area contributed by atoms with Gasteiger partial charge in [-0.05, 0) is 52.3 Å². The van der Waals surface area contributed by atoms with Crippen molar-refractivity contribution in [2.45, 2.75) is 0 Å². The van der Waals surface area contributed by atoms with Crippen molar-refractivity contribution in [1.82, 2.24) is 0 Å². The van der Waals surface area contributed by atoms with Crippen LogP contribution in [0.15, 0.2) is 83.3 Å². The van der Waals surface area contributed by atoms with Crippen LogP contribution in [0, 0.1) is 0 Å². The van der Waals surface area contributed by atoms with Gasteiger partial charge in [0, 0.05) is 4.47 Å². The zero-order chi connectivity index (χ0) is 19.1. The van der Waals surface area contributed by atoms with E-state index in [2.05, 4.69) is 21.2 Å². The molecule has 0 radical (unpaired) electrons. The van der Waals surface area contributed by atoms with Crippen LogP contribution in [-0.4, -0.2) is 18.5 Å². The van der Waals surface area contributed by atoms with Crippen LogP contribution < -0.4 is 10.1 Å². The number of carbonyl (C=O) groups excluding carboxylic acids is 2. The average Bonchev–Trinajstić information content (AvgIpc) is 2.69. The summed E-state index contributed by atoms with van der Waals surface area (Å²) < 4.78 is 11.5. The molecule has 0 saturated carbocycles. The van der Waals surface area contributed by atoms with Gasteiger partial charge in [-0.3, -0.25) is 4.79 Å². The third kappa shape index (κ3) is 5.18. The highest BCUT2D eigenvalue weighted by atomic mass is 79.9. The normalized spacial score (nSPS) is 10.1. The number of hydrogen-bond acceptors (Lipinski definition) is 4. The molecule has 0 fully saturated rings. The maximum atomic E-state index is 12.2. The van der Waals surface area contributed by atoms with Crippen molar-refractivity contribution in [3.8, 4) is 11.5 Å². The minimum Gasteiger partial charge on any atom is -0.455 e. The second-order valence-electron chi connectivity index (χ2n) is 5.52. The summed E-state index contributed by atoms with van der Waals surface area (Å²) in [5.74, 6) is 0.111. The molecule has 136 valence electrons. The highest BCUT2D eigenvalue weighted by Crippen LogP contribution is 2.29. The molecule has 0 aliphatic rings. The molecule has 0 spiro atoms. The van der Waals surface area contributed by atoms with E-state index in [1.54, 1.807) is 48.5 Å². The first-order chi connectivity index (χ1) is 13.1. The van der Waals surface area contributed by atoms with E-state index in [1.807, 2.05) is 30.3 Å². The monoisotopic (exact) mass is 425 g/mol. The van der Waals surface area contributed by atoms with Crippen LogP contribution in [0.5, 0.6) is 11.5 Å².